The first kappa shape index (κ1) is 18.6. The average molecular weight is 318 g/mol. The molecule has 1 aromatic rings. The molecule has 0 saturated heterocycles. The van der Waals surface area contributed by atoms with Gasteiger partial charge in [0, 0.05) is 12.1 Å². The third kappa shape index (κ3) is 9.50. The molecule has 0 aliphatic rings. The minimum absolute atomic E-state index is 0.250. The zero-order valence-corrected chi connectivity index (χ0v) is 12.8. The summed E-state index contributed by atoms with van der Waals surface area (Å²) in [4.78, 5) is 0. The van der Waals surface area contributed by atoms with E-state index in [9.17, 15) is 13.2 Å². The van der Waals surface area contributed by atoms with Crippen molar-refractivity contribution in [3.8, 4) is 5.75 Å². The Labute approximate surface area is 130 Å². The number of nitrogens with one attached hydrogen (secondary N) is 1. The van der Waals surface area contributed by atoms with Crippen molar-refractivity contribution < 1.29 is 17.9 Å². The van der Waals surface area contributed by atoms with Crippen molar-refractivity contribution in [3.63, 3.8) is 0 Å². The molecule has 0 radical (unpaired) electrons. The molecular formula is C16H25F3N2O. The molecule has 3 nitrogen and oxygen atoms in total. The molecule has 22 heavy (non-hydrogen) atoms. The number of hydrogen-bond donors (Lipinski definition) is 2. The molecule has 0 spiro atoms. The highest BCUT2D eigenvalue weighted by atomic mass is 19.4. The highest BCUT2D eigenvalue weighted by Gasteiger charge is 2.25. The summed E-state index contributed by atoms with van der Waals surface area (Å²) in [5.74, 6) is 6.08. The van der Waals surface area contributed by atoms with E-state index in [1.807, 2.05) is 24.3 Å². The van der Waals surface area contributed by atoms with Crippen molar-refractivity contribution in [1.82, 2.24) is 0 Å². The molecule has 0 heterocycles. The van der Waals surface area contributed by atoms with Gasteiger partial charge in [0.15, 0.2) is 0 Å². The third-order valence-electron chi connectivity index (χ3n) is 3.39. The van der Waals surface area contributed by atoms with E-state index in [4.69, 9.17) is 10.6 Å². The van der Waals surface area contributed by atoms with Gasteiger partial charge in [-0.25, -0.2) is 0 Å². The lowest BCUT2D eigenvalue weighted by Crippen LogP contribution is -2.06. The summed E-state index contributed by atoms with van der Waals surface area (Å²) >= 11 is 0. The molecule has 0 amide bonds. The second kappa shape index (κ2) is 10.3. The Balaban J connectivity index is 1.91. The molecule has 1 aromatic carbocycles. The Bertz CT molecular complexity index is 393. The number of nitrogen functional groups attached to an aromatic ring is 1. The maximum absolute atomic E-state index is 11.9. The van der Waals surface area contributed by atoms with E-state index < -0.39 is 12.6 Å². The first-order chi connectivity index (χ1) is 10.5. The van der Waals surface area contributed by atoms with E-state index in [0.29, 0.717) is 13.0 Å². The minimum Gasteiger partial charge on any atom is -0.494 e. The van der Waals surface area contributed by atoms with Crippen molar-refractivity contribution in [1.29, 1.82) is 0 Å². The number of hydrazine groups is 1. The molecule has 6 heteroatoms. The van der Waals surface area contributed by atoms with Crippen LogP contribution >= 0.6 is 0 Å². The zero-order valence-electron chi connectivity index (χ0n) is 12.8. The van der Waals surface area contributed by atoms with E-state index >= 15 is 0 Å². The molecule has 0 atom stereocenters. The lowest BCUT2D eigenvalue weighted by atomic mass is 10.1. The molecule has 0 unspecified atom stereocenters. The summed E-state index contributed by atoms with van der Waals surface area (Å²) in [5.41, 5.74) is 3.38. The quantitative estimate of drug-likeness (QED) is 0.341. The lowest BCUT2D eigenvalue weighted by Gasteiger charge is -2.07. The van der Waals surface area contributed by atoms with Gasteiger partial charge in [-0.15, -0.1) is 0 Å². The van der Waals surface area contributed by atoms with Crippen LogP contribution in [0.3, 0.4) is 0 Å². The zero-order chi connectivity index (χ0) is 16.3. The van der Waals surface area contributed by atoms with Crippen LogP contribution in [-0.2, 0) is 0 Å². The van der Waals surface area contributed by atoms with Gasteiger partial charge >= 0.3 is 6.18 Å². The van der Waals surface area contributed by atoms with Crippen LogP contribution in [0.15, 0.2) is 24.3 Å². The second-order valence-corrected chi connectivity index (χ2v) is 5.36. The van der Waals surface area contributed by atoms with Crippen molar-refractivity contribution in [3.05, 3.63) is 24.3 Å². The van der Waals surface area contributed by atoms with Crippen molar-refractivity contribution in [2.45, 2.75) is 57.5 Å². The number of halogens is 3. The predicted molar refractivity (Wildman–Crippen MR) is 82.7 cm³/mol. The van der Waals surface area contributed by atoms with Gasteiger partial charge in [0.05, 0.1) is 6.61 Å². The van der Waals surface area contributed by atoms with Crippen LogP contribution in [0.25, 0.3) is 0 Å². The summed E-state index contributed by atoms with van der Waals surface area (Å²) in [7, 11) is 0. The molecular weight excluding hydrogens is 293 g/mol. The fourth-order valence-electron chi connectivity index (χ4n) is 2.15. The Morgan fingerprint density at radius 1 is 0.864 bits per heavy atom. The summed E-state index contributed by atoms with van der Waals surface area (Å²) < 4.78 is 41.4. The summed E-state index contributed by atoms with van der Waals surface area (Å²) in [6, 6.07) is 7.40. The first-order valence-corrected chi connectivity index (χ1v) is 7.77. The highest BCUT2D eigenvalue weighted by molar-refractivity contribution is 5.45. The maximum atomic E-state index is 11.9. The molecule has 126 valence electrons. The standard InChI is InChI=1S/C16H25F3N2O/c17-16(18,19)12-6-4-2-1-3-5-7-13-22-15-10-8-14(21-20)9-11-15/h8-11,21H,1-7,12-13,20H2. The fraction of sp³-hybridized carbons (Fsp3) is 0.625. The van der Waals surface area contributed by atoms with E-state index in [1.54, 1.807) is 0 Å². The van der Waals surface area contributed by atoms with Gasteiger partial charge in [0.2, 0.25) is 0 Å². The number of rotatable bonds is 11. The SMILES string of the molecule is NNc1ccc(OCCCCCCCCCC(F)(F)F)cc1. The number of alkyl halides is 3. The number of anilines is 1. The van der Waals surface area contributed by atoms with Crippen LogP contribution in [0.4, 0.5) is 18.9 Å². The Morgan fingerprint density at radius 3 is 1.95 bits per heavy atom. The van der Waals surface area contributed by atoms with Crippen LogP contribution in [0.5, 0.6) is 5.75 Å². The Morgan fingerprint density at radius 2 is 1.41 bits per heavy atom. The normalized spacial score (nSPS) is 11.5. The van der Waals surface area contributed by atoms with Crippen molar-refractivity contribution in [2.75, 3.05) is 12.0 Å². The van der Waals surface area contributed by atoms with E-state index in [-0.39, 0.29) is 6.42 Å². The maximum Gasteiger partial charge on any atom is 0.389 e. The Hall–Kier alpha value is -1.43. The fourth-order valence-corrected chi connectivity index (χ4v) is 2.15. The Kier molecular flexibility index (Phi) is 8.74. The van der Waals surface area contributed by atoms with Gasteiger partial charge in [-0.05, 0) is 37.1 Å². The van der Waals surface area contributed by atoms with Crippen LogP contribution in [0.1, 0.15) is 51.4 Å². The number of hydrogen-bond acceptors (Lipinski definition) is 3. The first-order valence-electron chi connectivity index (χ1n) is 7.77. The lowest BCUT2D eigenvalue weighted by molar-refractivity contribution is -0.135. The number of nitrogens with two attached hydrogens (primary N) is 1. The molecule has 0 aromatic heterocycles. The predicted octanol–water partition coefficient (Wildman–Crippen LogP) is 5.03. The van der Waals surface area contributed by atoms with Gasteiger partial charge in [-0.2, -0.15) is 13.2 Å². The summed E-state index contributed by atoms with van der Waals surface area (Å²) in [6.07, 6.45) is 1.18. The van der Waals surface area contributed by atoms with E-state index in [2.05, 4.69) is 5.43 Å². The van der Waals surface area contributed by atoms with Crippen molar-refractivity contribution in [2.24, 2.45) is 5.84 Å². The van der Waals surface area contributed by atoms with E-state index in [1.165, 1.54) is 0 Å². The van der Waals surface area contributed by atoms with Gasteiger partial charge in [-0.3, -0.25) is 5.84 Å². The van der Waals surface area contributed by atoms with E-state index in [0.717, 1.165) is 43.5 Å². The molecule has 0 aliphatic heterocycles. The van der Waals surface area contributed by atoms with Gasteiger partial charge < -0.3 is 10.2 Å². The topological polar surface area (TPSA) is 47.3 Å². The number of benzene rings is 1. The smallest absolute Gasteiger partial charge is 0.389 e. The number of ether oxygens (including phenoxy) is 1. The average Bonchev–Trinajstić information content (AvgIpc) is 2.48. The molecule has 0 saturated carbocycles. The van der Waals surface area contributed by atoms with Gasteiger partial charge in [-0.1, -0.05) is 32.1 Å². The summed E-state index contributed by atoms with van der Waals surface area (Å²) in [5, 5.41) is 0. The second-order valence-electron chi connectivity index (χ2n) is 5.36. The molecule has 0 fully saturated rings. The van der Waals surface area contributed by atoms with Gasteiger partial charge in [0.25, 0.3) is 0 Å². The minimum atomic E-state index is -4.00. The molecule has 1 rings (SSSR count). The highest BCUT2D eigenvalue weighted by Crippen LogP contribution is 2.23. The van der Waals surface area contributed by atoms with Gasteiger partial charge in [0.1, 0.15) is 5.75 Å². The largest absolute Gasteiger partial charge is 0.494 e. The van der Waals surface area contributed by atoms with Crippen molar-refractivity contribution >= 4 is 5.69 Å². The molecule has 0 bridgehead atoms. The van der Waals surface area contributed by atoms with Crippen LogP contribution in [-0.4, -0.2) is 12.8 Å². The summed E-state index contributed by atoms with van der Waals surface area (Å²) in [6.45, 7) is 0.656. The third-order valence-corrected chi connectivity index (χ3v) is 3.39. The molecule has 3 N–H and O–H groups in total. The molecule has 0 aliphatic carbocycles. The number of unbranched alkanes of at least 4 members (excludes halogenated alkanes) is 6. The monoisotopic (exact) mass is 318 g/mol. The van der Waals surface area contributed by atoms with Crippen LogP contribution in [0.2, 0.25) is 0 Å². The van der Waals surface area contributed by atoms with Crippen LogP contribution in [0, 0.1) is 0 Å². The van der Waals surface area contributed by atoms with Crippen LogP contribution < -0.4 is 16.0 Å².